The first-order valence-corrected chi connectivity index (χ1v) is 8.08. The SMILES string of the molecule is COc1ccc(C(=O)N(CCc2ccccc2)CC(=O)O)cc1OC(F)F. The Morgan fingerprint density at radius 2 is 1.81 bits per heavy atom. The maximum atomic E-state index is 12.7. The summed E-state index contributed by atoms with van der Waals surface area (Å²) < 4.78 is 34.4. The number of methoxy groups -OCH3 is 1. The van der Waals surface area contributed by atoms with Gasteiger partial charge in [0.1, 0.15) is 6.54 Å². The van der Waals surface area contributed by atoms with E-state index in [1.54, 1.807) is 0 Å². The van der Waals surface area contributed by atoms with Gasteiger partial charge in [0.2, 0.25) is 0 Å². The van der Waals surface area contributed by atoms with Crippen LogP contribution in [0.2, 0.25) is 0 Å². The van der Waals surface area contributed by atoms with E-state index in [1.165, 1.54) is 19.2 Å². The number of amides is 1. The number of hydrogen-bond acceptors (Lipinski definition) is 4. The number of carboxylic acid groups (broad SMARTS) is 1. The first-order valence-electron chi connectivity index (χ1n) is 8.08. The summed E-state index contributed by atoms with van der Waals surface area (Å²) in [6.45, 7) is -3.44. The lowest BCUT2D eigenvalue weighted by Crippen LogP contribution is -2.37. The topological polar surface area (TPSA) is 76.1 Å². The molecule has 0 aliphatic heterocycles. The van der Waals surface area contributed by atoms with Crippen molar-refractivity contribution in [2.45, 2.75) is 13.0 Å². The van der Waals surface area contributed by atoms with Crippen molar-refractivity contribution in [2.75, 3.05) is 20.2 Å². The van der Waals surface area contributed by atoms with E-state index < -0.39 is 25.0 Å². The van der Waals surface area contributed by atoms with Crippen molar-refractivity contribution in [3.8, 4) is 11.5 Å². The van der Waals surface area contributed by atoms with Crippen molar-refractivity contribution in [1.29, 1.82) is 0 Å². The van der Waals surface area contributed by atoms with E-state index in [9.17, 15) is 18.4 Å². The number of alkyl halides is 2. The molecule has 0 atom stereocenters. The first kappa shape index (κ1) is 20.2. The number of halogens is 2. The molecule has 2 aromatic rings. The number of nitrogens with zero attached hydrogens (tertiary/aromatic N) is 1. The third kappa shape index (κ3) is 5.95. The zero-order valence-electron chi connectivity index (χ0n) is 14.6. The zero-order valence-corrected chi connectivity index (χ0v) is 14.6. The van der Waals surface area contributed by atoms with Crippen molar-refractivity contribution in [1.82, 2.24) is 4.90 Å². The van der Waals surface area contributed by atoms with E-state index in [0.717, 1.165) is 16.5 Å². The van der Waals surface area contributed by atoms with Gasteiger partial charge in [-0.05, 0) is 30.2 Å². The van der Waals surface area contributed by atoms with Gasteiger partial charge < -0.3 is 19.5 Å². The van der Waals surface area contributed by atoms with Crippen LogP contribution in [-0.2, 0) is 11.2 Å². The smallest absolute Gasteiger partial charge is 0.387 e. The summed E-state index contributed by atoms with van der Waals surface area (Å²) in [5.74, 6) is -2.03. The number of carbonyl (C=O) groups excluding carboxylic acids is 1. The number of carbonyl (C=O) groups is 2. The Labute approximate surface area is 154 Å². The van der Waals surface area contributed by atoms with Crippen molar-refractivity contribution in [3.05, 3.63) is 59.7 Å². The molecule has 6 nitrogen and oxygen atoms in total. The maximum absolute atomic E-state index is 12.7. The highest BCUT2D eigenvalue weighted by Crippen LogP contribution is 2.30. The molecule has 27 heavy (non-hydrogen) atoms. The fourth-order valence-electron chi connectivity index (χ4n) is 2.50. The Bertz CT molecular complexity index is 783. The Balaban J connectivity index is 2.21. The van der Waals surface area contributed by atoms with Gasteiger partial charge in [-0.3, -0.25) is 9.59 Å². The molecular weight excluding hydrogens is 360 g/mol. The summed E-state index contributed by atoms with van der Waals surface area (Å²) in [6, 6.07) is 13.1. The molecular formula is C19H19F2NO5. The quantitative estimate of drug-likeness (QED) is 0.725. The Morgan fingerprint density at radius 1 is 1.11 bits per heavy atom. The van der Waals surface area contributed by atoms with Crippen molar-refractivity contribution in [3.63, 3.8) is 0 Å². The normalized spacial score (nSPS) is 10.5. The fourth-order valence-corrected chi connectivity index (χ4v) is 2.50. The standard InChI is InChI=1S/C19H19F2NO5/c1-26-15-8-7-14(11-16(15)27-19(20)21)18(25)22(12-17(23)24)10-9-13-5-3-2-4-6-13/h2-8,11,19H,9-10,12H2,1H3,(H,23,24). The maximum Gasteiger partial charge on any atom is 0.387 e. The molecule has 0 unspecified atom stereocenters. The van der Waals surface area contributed by atoms with Crippen molar-refractivity contribution >= 4 is 11.9 Å². The molecule has 0 aromatic heterocycles. The summed E-state index contributed by atoms with van der Waals surface area (Å²) in [5.41, 5.74) is 0.970. The molecule has 0 saturated heterocycles. The van der Waals surface area contributed by atoms with Crippen molar-refractivity contribution < 1.29 is 33.0 Å². The molecule has 2 aromatic carbocycles. The molecule has 0 aliphatic carbocycles. The fraction of sp³-hybridized carbons (Fsp3) is 0.263. The van der Waals surface area contributed by atoms with E-state index >= 15 is 0 Å². The Hall–Kier alpha value is -3.16. The van der Waals surface area contributed by atoms with E-state index in [1.807, 2.05) is 30.3 Å². The van der Waals surface area contributed by atoms with Crippen LogP contribution in [0, 0.1) is 0 Å². The largest absolute Gasteiger partial charge is 0.493 e. The molecule has 0 fully saturated rings. The van der Waals surface area contributed by atoms with Crippen LogP contribution in [0.25, 0.3) is 0 Å². The number of ether oxygens (including phenoxy) is 2. The summed E-state index contributed by atoms with van der Waals surface area (Å²) in [7, 11) is 1.28. The van der Waals surface area contributed by atoms with Crippen LogP contribution >= 0.6 is 0 Å². The van der Waals surface area contributed by atoms with Gasteiger partial charge in [0, 0.05) is 12.1 Å². The molecule has 0 heterocycles. The number of hydrogen-bond donors (Lipinski definition) is 1. The van der Waals surface area contributed by atoms with E-state index in [2.05, 4.69) is 4.74 Å². The highest BCUT2D eigenvalue weighted by atomic mass is 19.3. The molecule has 1 N–H and O–H groups in total. The highest BCUT2D eigenvalue weighted by molar-refractivity contribution is 5.96. The lowest BCUT2D eigenvalue weighted by atomic mass is 10.1. The molecule has 1 amide bonds. The number of rotatable bonds is 9. The van der Waals surface area contributed by atoms with E-state index in [-0.39, 0.29) is 23.6 Å². The molecule has 144 valence electrons. The summed E-state index contributed by atoms with van der Waals surface area (Å²) >= 11 is 0. The molecule has 0 saturated carbocycles. The van der Waals surface area contributed by atoms with Crippen LogP contribution in [0.15, 0.2) is 48.5 Å². The highest BCUT2D eigenvalue weighted by Gasteiger charge is 2.21. The van der Waals surface area contributed by atoms with Crippen LogP contribution in [0.1, 0.15) is 15.9 Å². The number of aliphatic carboxylic acids is 1. The van der Waals surface area contributed by atoms with Crippen LogP contribution < -0.4 is 9.47 Å². The molecule has 0 radical (unpaired) electrons. The predicted octanol–water partition coefficient (Wildman–Crippen LogP) is 3.07. The van der Waals surface area contributed by atoms with Gasteiger partial charge in [0.25, 0.3) is 5.91 Å². The van der Waals surface area contributed by atoms with Crippen LogP contribution in [0.3, 0.4) is 0 Å². The number of carboxylic acids is 1. The molecule has 2 rings (SSSR count). The van der Waals surface area contributed by atoms with E-state index in [0.29, 0.717) is 6.42 Å². The second kappa shape index (κ2) is 9.51. The lowest BCUT2D eigenvalue weighted by Gasteiger charge is -2.21. The summed E-state index contributed by atoms with van der Waals surface area (Å²) in [5, 5.41) is 9.09. The van der Waals surface area contributed by atoms with Crippen LogP contribution in [0.5, 0.6) is 11.5 Å². The first-order chi connectivity index (χ1) is 12.9. The van der Waals surface area contributed by atoms with Gasteiger partial charge in [0.15, 0.2) is 11.5 Å². The van der Waals surface area contributed by atoms with Crippen molar-refractivity contribution in [2.24, 2.45) is 0 Å². The molecule has 0 bridgehead atoms. The molecule has 0 aliphatic rings. The Kier molecular flexibility index (Phi) is 7.10. The lowest BCUT2D eigenvalue weighted by molar-refractivity contribution is -0.137. The average Bonchev–Trinajstić information content (AvgIpc) is 2.64. The van der Waals surface area contributed by atoms with Gasteiger partial charge in [0.05, 0.1) is 7.11 Å². The number of benzene rings is 2. The minimum atomic E-state index is -3.09. The minimum absolute atomic E-state index is 0.0285. The Morgan fingerprint density at radius 3 is 2.41 bits per heavy atom. The van der Waals surface area contributed by atoms with Gasteiger partial charge in [-0.25, -0.2) is 0 Å². The van der Waals surface area contributed by atoms with Crippen LogP contribution in [0.4, 0.5) is 8.78 Å². The van der Waals surface area contributed by atoms with Gasteiger partial charge in [-0.1, -0.05) is 30.3 Å². The minimum Gasteiger partial charge on any atom is -0.493 e. The molecule has 0 spiro atoms. The predicted molar refractivity (Wildman–Crippen MR) is 93.3 cm³/mol. The van der Waals surface area contributed by atoms with Crippen LogP contribution in [-0.4, -0.2) is 48.7 Å². The van der Waals surface area contributed by atoms with Gasteiger partial charge >= 0.3 is 12.6 Å². The third-order valence-corrected chi connectivity index (χ3v) is 3.75. The monoisotopic (exact) mass is 379 g/mol. The summed E-state index contributed by atoms with van der Waals surface area (Å²) in [6.07, 6.45) is 0.455. The third-order valence-electron chi connectivity index (χ3n) is 3.75. The van der Waals surface area contributed by atoms with Gasteiger partial charge in [-0.2, -0.15) is 8.78 Å². The average molecular weight is 379 g/mol. The van der Waals surface area contributed by atoms with Gasteiger partial charge in [-0.15, -0.1) is 0 Å². The molecule has 8 heteroatoms. The second-order valence-corrected chi connectivity index (χ2v) is 5.60. The summed E-state index contributed by atoms with van der Waals surface area (Å²) in [4.78, 5) is 25.0. The van der Waals surface area contributed by atoms with E-state index in [4.69, 9.17) is 9.84 Å². The zero-order chi connectivity index (χ0) is 19.8. The second-order valence-electron chi connectivity index (χ2n) is 5.60.